The Morgan fingerprint density at radius 3 is 2.69 bits per heavy atom. The molecule has 5 nitrogen and oxygen atoms in total. The standard InChI is InChI=1S/C8H14N2O3/c1-6(11)10-4-3-9-5-8(10)13-7(2)12/h8-9H,3-5H2,1-2H3. The SMILES string of the molecule is CC(=O)OC1CNCCN1C(C)=O. The molecule has 0 aromatic rings. The molecule has 1 saturated heterocycles. The molecule has 5 heteroatoms. The van der Waals surface area contributed by atoms with Gasteiger partial charge in [-0.3, -0.25) is 9.59 Å². The van der Waals surface area contributed by atoms with Crippen LogP contribution in [0, 0.1) is 0 Å². The minimum atomic E-state index is -0.441. The van der Waals surface area contributed by atoms with Gasteiger partial charge in [-0.05, 0) is 0 Å². The highest BCUT2D eigenvalue weighted by Gasteiger charge is 2.26. The van der Waals surface area contributed by atoms with E-state index in [1.807, 2.05) is 0 Å². The Morgan fingerprint density at radius 1 is 1.46 bits per heavy atom. The number of rotatable bonds is 1. The van der Waals surface area contributed by atoms with Gasteiger partial charge in [-0.1, -0.05) is 0 Å². The van der Waals surface area contributed by atoms with Crippen molar-refractivity contribution < 1.29 is 14.3 Å². The summed E-state index contributed by atoms with van der Waals surface area (Å²) in [5, 5.41) is 3.05. The first-order valence-electron chi connectivity index (χ1n) is 4.26. The number of ether oxygens (including phenoxy) is 1. The van der Waals surface area contributed by atoms with Gasteiger partial charge in [0.2, 0.25) is 5.91 Å². The normalized spacial score (nSPS) is 22.6. The van der Waals surface area contributed by atoms with Crippen molar-refractivity contribution in [3.63, 3.8) is 0 Å². The zero-order chi connectivity index (χ0) is 9.84. The fraction of sp³-hybridized carbons (Fsp3) is 0.750. The van der Waals surface area contributed by atoms with Crippen molar-refractivity contribution in [3.8, 4) is 0 Å². The van der Waals surface area contributed by atoms with E-state index in [0.29, 0.717) is 13.1 Å². The second-order valence-electron chi connectivity index (χ2n) is 2.98. The maximum absolute atomic E-state index is 11.1. The lowest BCUT2D eigenvalue weighted by molar-refractivity contribution is -0.163. The molecule has 0 radical (unpaired) electrons. The van der Waals surface area contributed by atoms with Crippen molar-refractivity contribution in [3.05, 3.63) is 0 Å². The first kappa shape index (κ1) is 9.98. The summed E-state index contributed by atoms with van der Waals surface area (Å²) in [5.74, 6) is -0.423. The van der Waals surface area contributed by atoms with Crippen LogP contribution in [0.1, 0.15) is 13.8 Å². The van der Waals surface area contributed by atoms with Crippen molar-refractivity contribution in [2.24, 2.45) is 0 Å². The zero-order valence-electron chi connectivity index (χ0n) is 7.87. The van der Waals surface area contributed by atoms with Gasteiger partial charge in [0.15, 0.2) is 6.23 Å². The Labute approximate surface area is 77.0 Å². The van der Waals surface area contributed by atoms with Crippen LogP contribution in [-0.4, -0.2) is 42.6 Å². The van der Waals surface area contributed by atoms with E-state index < -0.39 is 6.23 Å². The van der Waals surface area contributed by atoms with Gasteiger partial charge in [0, 0.05) is 26.9 Å². The van der Waals surface area contributed by atoms with Gasteiger partial charge in [0.05, 0.1) is 6.54 Å². The summed E-state index contributed by atoms with van der Waals surface area (Å²) in [6, 6.07) is 0. The van der Waals surface area contributed by atoms with Crippen molar-refractivity contribution >= 4 is 11.9 Å². The largest absolute Gasteiger partial charge is 0.440 e. The van der Waals surface area contributed by atoms with Gasteiger partial charge in [0.25, 0.3) is 0 Å². The van der Waals surface area contributed by atoms with Crippen LogP contribution < -0.4 is 5.32 Å². The summed E-state index contributed by atoms with van der Waals surface area (Å²) in [6.45, 7) is 4.67. The van der Waals surface area contributed by atoms with Crippen LogP contribution in [0.2, 0.25) is 0 Å². The van der Waals surface area contributed by atoms with E-state index in [9.17, 15) is 9.59 Å². The van der Waals surface area contributed by atoms with Gasteiger partial charge in [-0.25, -0.2) is 0 Å². The second-order valence-corrected chi connectivity index (χ2v) is 2.98. The molecule has 13 heavy (non-hydrogen) atoms. The number of nitrogens with one attached hydrogen (secondary N) is 1. The molecule has 0 spiro atoms. The van der Waals surface area contributed by atoms with Crippen molar-refractivity contribution in [2.45, 2.75) is 20.1 Å². The number of esters is 1. The summed E-state index contributed by atoms with van der Waals surface area (Å²) in [7, 11) is 0. The Kier molecular flexibility index (Phi) is 3.25. The van der Waals surface area contributed by atoms with Crippen LogP contribution in [0.3, 0.4) is 0 Å². The van der Waals surface area contributed by atoms with Crippen molar-refractivity contribution in [1.82, 2.24) is 10.2 Å². The molecule has 1 N–H and O–H groups in total. The Balaban J connectivity index is 2.56. The van der Waals surface area contributed by atoms with Gasteiger partial charge in [-0.2, -0.15) is 0 Å². The Hall–Kier alpha value is -1.10. The van der Waals surface area contributed by atoms with E-state index in [4.69, 9.17) is 4.74 Å². The van der Waals surface area contributed by atoms with Crippen molar-refractivity contribution in [2.75, 3.05) is 19.6 Å². The molecule has 1 fully saturated rings. The molecule has 0 aromatic heterocycles. The predicted octanol–water partition coefficient (Wildman–Crippen LogP) is -0.673. The highest BCUT2D eigenvalue weighted by molar-refractivity contribution is 5.74. The minimum Gasteiger partial charge on any atom is -0.440 e. The third-order valence-corrected chi connectivity index (χ3v) is 1.90. The third kappa shape index (κ3) is 2.69. The van der Waals surface area contributed by atoms with Gasteiger partial charge in [-0.15, -0.1) is 0 Å². The summed E-state index contributed by atoms with van der Waals surface area (Å²) >= 11 is 0. The average molecular weight is 186 g/mol. The lowest BCUT2D eigenvalue weighted by atomic mass is 10.3. The molecule has 1 heterocycles. The summed E-state index contributed by atoms with van der Waals surface area (Å²) in [5.41, 5.74) is 0. The van der Waals surface area contributed by atoms with Crippen LogP contribution >= 0.6 is 0 Å². The molecule has 1 unspecified atom stereocenters. The Morgan fingerprint density at radius 2 is 2.15 bits per heavy atom. The number of amides is 1. The van der Waals surface area contributed by atoms with E-state index in [-0.39, 0.29) is 11.9 Å². The van der Waals surface area contributed by atoms with E-state index >= 15 is 0 Å². The number of nitrogens with zero attached hydrogens (tertiary/aromatic N) is 1. The maximum Gasteiger partial charge on any atom is 0.304 e. The quantitative estimate of drug-likeness (QED) is 0.552. The number of hydrogen-bond acceptors (Lipinski definition) is 4. The van der Waals surface area contributed by atoms with Crippen LogP contribution in [0.15, 0.2) is 0 Å². The fourth-order valence-corrected chi connectivity index (χ4v) is 1.34. The smallest absolute Gasteiger partial charge is 0.304 e. The lowest BCUT2D eigenvalue weighted by Gasteiger charge is -2.34. The maximum atomic E-state index is 11.1. The molecular formula is C8H14N2O3. The molecule has 1 amide bonds. The van der Waals surface area contributed by atoms with Crippen LogP contribution in [-0.2, 0) is 14.3 Å². The first-order valence-corrected chi connectivity index (χ1v) is 4.26. The summed E-state index contributed by atoms with van der Waals surface area (Å²) < 4.78 is 4.97. The fourth-order valence-electron chi connectivity index (χ4n) is 1.34. The van der Waals surface area contributed by atoms with E-state index in [1.54, 1.807) is 4.90 Å². The first-order chi connectivity index (χ1) is 6.11. The number of carbonyl (C=O) groups is 2. The van der Waals surface area contributed by atoms with Crippen LogP contribution in [0.5, 0.6) is 0 Å². The zero-order valence-corrected chi connectivity index (χ0v) is 7.87. The van der Waals surface area contributed by atoms with Crippen molar-refractivity contribution in [1.29, 1.82) is 0 Å². The van der Waals surface area contributed by atoms with Crippen LogP contribution in [0.4, 0.5) is 0 Å². The molecular weight excluding hydrogens is 172 g/mol. The molecule has 1 aliphatic heterocycles. The van der Waals surface area contributed by atoms with Gasteiger partial charge >= 0.3 is 5.97 Å². The second kappa shape index (κ2) is 4.23. The molecule has 74 valence electrons. The molecule has 1 atom stereocenters. The predicted molar refractivity (Wildman–Crippen MR) is 45.8 cm³/mol. The molecule has 0 bridgehead atoms. The third-order valence-electron chi connectivity index (χ3n) is 1.90. The molecule has 0 aliphatic carbocycles. The molecule has 0 saturated carbocycles. The van der Waals surface area contributed by atoms with Gasteiger partial charge in [0.1, 0.15) is 0 Å². The average Bonchev–Trinajstić information content (AvgIpc) is 2.03. The Bertz CT molecular complexity index is 217. The summed E-state index contributed by atoms with van der Waals surface area (Å²) in [4.78, 5) is 23.3. The van der Waals surface area contributed by atoms with E-state index in [0.717, 1.165) is 6.54 Å². The molecule has 1 rings (SSSR count). The summed E-state index contributed by atoms with van der Waals surface area (Å²) in [6.07, 6.45) is -0.441. The highest BCUT2D eigenvalue weighted by atomic mass is 16.6. The lowest BCUT2D eigenvalue weighted by Crippen LogP contribution is -2.54. The minimum absolute atomic E-state index is 0.0623. The number of piperazine rings is 1. The monoisotopic (exact) mass is 186 g/mol. The van der Waals surface area contributed by atoms with Gasteiger partial charge < -0.3 is 15.0 Å². The highest BCUT2D eigenvalue weighted by Crippen LogP contribution is 2.05. The molecule has 1 aliphatic rings. The number of hydrogen-bond donors (Lipinski definition) is 1. The van der Waals surface area contributed by atoms with E-state index in [1.165, 1.54) is 13.8 Å². The molecule has 0 aromatic carbocycles. The number of carbonyl (C=O) groups excluding carboxylic acids is 2. The van der Waals surface area contributed by atoms with E-state index in [2.05, 4.69) is 5.32 Å². The van der Waals surface area contributed by atoms with Crippen LogP contribution in [0.25, 0.3) is 0 Å². The topological polar surface area (TPSA) is 58.6 Å².